The molecule has 2 amide bonds. The van der Waals surface area contributed by atoms with Crippen molar-refractivity contribution < 1.29 is 14.3 Å². The molecular formula is C22H21Cl5N4O3S. The number of likely N-dealkylation sites (N-methyl/N-ethyl adjacent to an activating group) is 1. The van der Waals surface area contributed by atoms with Crippen molar-refractivity contribution in [2.45, 2.75) is 19.4 Å². The molecule has 0 radical (unpaired) electrons. The lowest BCUT2D eigenvalue weighted by Crippen LogP contribution is -2.40. The molecule has 2 aromatic rings. The molecule has 188 valence electrons. The Morgan fingerprint density at radius 1 is 1.03 bits per heavy atom. The molecule has 0 saturated carbocycles. The van der Waals surface area contributed by atoms with Crippen LogP contribution in [0.25, 0.3) is 0 Å². The summed E-state index contributed by atoms with van der Waals surface area (Å²) in [6.45, 7) is 2.76. The summed E-state index contributed by atoms with van der Waals surface area (Å²) in [7, 11) is 1.56. The normalized spacial score (nSPS) is 15.6. The molecule has 0 aliphatic carbocycles. The second-order valence-electron chi connectivity index (χ2n) is 7.43. The minimum absolute atomic E-state index is 0.0572. The maximum atomic E-state index is 13.0. The number of ether oxygens (including phenoxy) is 1. The van der Waals surface area contributed by atoms with Crippen LogP contribution in [0, 0.1) is 0 Å². The van der Waals surface area contributed by atoms with Crippen LogP contribution in [0.1, 0.15) is 13.3 Å². The number of carbonyl (C=O) groups is 2. The Bertz CT molecular complexity index is 1120. The fourth-order valence-electron chi connectivity index (χ4n) is 3.56. The molecule has 1 heterocycles. The van der Waals surface area contributed by atoms with Gasteiger partial charge in [-0.2, -0.15) is 0 Å². The number of halogens is 5. The molecule has 2 aromatic carbocycles. The van der Waals surface area contributed by atoms with Crippen molar-refractivity contribution in [1.82, 2.24) is 9.80 Å². The molecule has 1 aliphatic rings. The van der Waals surface area contributed by atoms with Crippen molar-refractivity contribution in [2.75, 3.05) is 37.4 Å². The Morgan fingerprint density at radius 3 is 2.14 bits per heavy atom. The van der Waals surface area contributed by atoms with Gasteiger partial charge in [0.05, 0.1) is 44.3 Å². The fourth-order valence-corrected chi connectivity index (χ4v) is 5.27. The first kappa shape index (κ1) is 27.9. The summed E-state index contributed by atoms with van der Waals surface area (Å²) in [5.41, 5.74) is 0.899. The van der Waals surface area contributed by atoms with Gasteiger partial charge in [0.25, 0.3) is 5.91 Å². The predicted molar refractivity (Wildman–Crippen MR) is 147 cm³/mol. The smallest absolute Gasteiger partial charge is 0.252 e. The summed E-state index contributed by atoms with van der Waals surface area (Å²) in [5.74, 6) is 0.102. The van der Waals surface area contributed by atoms with Gasteiger partial charge in [0.2, 0.25) is 5.91 Å². The standard InChI is InChI=1S/C22H21Cl5N4O3S/c1-3-30-21(33)13(10-14(32)29-11-4-6-12(34-2)7-5-11)31(22(30)35)9-8-28-20-18(26)16(24)15(23)17(25)19(20)27/h4-7,13,28H,3,8-10H2,1-2H3,(H,29,32)/t13-/m1/s1. The van der Waals surface area contributed by atoms with E-state index in [9.17, 15) is 9.59 Å². The molecule has 0 unspecified atom stereocenters. The maximum Gasteiger partial charge on any atom is 0.252 e. The number of nitrogens with one attached hydrogen (secondary N) is 2. The zero-order valence-electron chi connectivity index (χ0n) is 18.6. The topological polar surface area (TPSA) is 73.9 Å². The first-order valence-corrected chi connectivity index (χ1v) is 12.7. The predicted octanol–water partition coefficient (Wildman–Crippen LogP) is 6.22. The number of hydrogen-bond acceptors (Lipinski definition) is 5. The maximum absolute atomic E-state index is 13.0. The number of hydrogen-bond donors (Lipinski definition) is 2. The Hall–Kier alpha value is -1.68. The quantitative estimate of drug-likeness (QED) is 0.203. The van der Waals surface area contributed by atoms with Crippen LogP contribution in [0.15, 0.2) is 24.3 Å². The van der Waals surface area contributed by atoms with Crippen molar-refractivity contribution in [3.05, 3.63) is 49.4 Å². The summed E-state index contributed by atoms with van der Waals surface area (Å²) in [6.07, 6.45) is -0.0817. The second-order valence-corrected chi connectivity index (χ2v) is 9.68. The lowest BCUT2D eigenvalue weighted by Gasteiger charge is -2.24. The van der Waals surface area contributed by atoms with Gasteiger partial charge in [-0.05, 0) is 43.4 Å². The van der Waals surface area contributed by atoms with Crippen molar-refractivity contribution in [2.24, 2.45) is 0 Å². The van der Waals surface area contributed by atoms with Crippen molar-refractivity contribution in [3.63, 3.8) is 0 Å². The van der Waals surface area contributed by atoms with E-state index in [1.807, 2.05) is 6.92 Å². The number of amides is 2. The second kappa shape index (κ2) is 12.0. The number of anilines is 2. The number of thiocarbonyl (C=S) groups is 1. The van der Waals surface area contributed by atoms with Crippen LogP contribution < -0.4 is 15.4 Å². The zero-order valence-corrected chi connectivity index (χ0v) is 23.2. The molecule has 2 N–H and O–H groups in total. The van der Waals surface area contributed by atoms with Crippen molar-refractivity contribution >= 4 is 98.5 Å². The highest BCUT2D eigenvalue weighted by Crippen LogP contribution is 2.46. The minimum Gasteiger partial charge on any atom is -0.497 e. The molecule has 0 aromatic heterocycles. The van der Waals surface area contributed by atoms with Gasteiger partial charge in [0.1, 0.15) is 11.8 Å². The average Bonchev–Trinajstić information content (AvgIpc) is 3.07. The van der Waals surface area contributed by atoms with E-state index in [1.165, 1.54) is 4.90 Å². The number of benzene rings is 2. The monoisotopic (exact) mass is 596 g/mol. The highest BCUT2D eigenvalue weighted by atomic mass is 35.5. The van der Waals surface area contributed by atoms with Gasteiger partial charge in [-0.3, -0.25) is 14.5 Å². The van der Waals surface area contributed by atoms with Gasteiger partial charge in [-0.15, -0.1) is 0 Å². The number of rotatable bonds is 9. The van der Waals surface area contributed by atoms with Crippen molar-refractivity contribution in [1.29, 1.82) is 0 Å². The van der Waals surface area contributed by atoms with E-state index in [4.69, 9.17) is 75.0 Å². The van der Waals surface area contributed by atoms with E-state index >= 15 is 0 Å². The lowest BCUT2D eigenvalue weighted by molar-refractivity contribution is -0.130. The van der Waals surface area contributed by atoms with E-state index in [0.29, 0.717) is 28.8 Å². The molecule has 1 aliphatic heterocycles. The van der Waals surface area contributed by atoms with Crippen LogP contribution in [0.3, 0.4) is 0 Å². The molecule has 3 rings (SSSR count). The van der Waals surface area contributed by atoms with Crippen LogP contribution in [-0.2, 0) is 9.59 Å². The summed E-state index contributed by atoms with van der Waals surface area (Å²) in [5, 5.41) is 6.65. The van der Waals surface area contributed by atoms with Gasteiger partial charge >= 0.3 is 0 Å². The lowest BCUT2D eigenvalue weighted by atomic mass is 10.1. The summed E-state index contributed by atoms with van der Waals surface area (Å²) in [6, 6.07) is 6.13. The molecular weight excluding hydrogens is 578 g/mol. The molecule has 1 fully saturated rings. The van der Waals surface area contributed by atoms with Crippen LogP contribution in [-0.4, -0.2) is 59.5 Å². The number of methoxy groups -OCH3 is 1. The number of nitrogens with zero attached hydrogens (tertiary/aromatic N) is 2. The van der Waals surface area contributed by atoms with Crippen LogP contribution in [0.2, 0.25) is 25.1 Å². The molecule has 13 heteroatoms. The van der Waals surface area contributed by atoms with E-state index in [-0.39, 0.29) is 56.4 Å². The largest absolute Gasteiger partial charge is 0.497 e. The summed E-state index contributed by atoms with van der Waals surface area (Å²) in [4.78, 5) is 28.9. The Balaban J connectivity index is 1.71. The molecule has 0 spiro atoms. The third-order valence-electron chi connectivity index (χ3n) is 5.34. The fraction of sp³-hybridized carbons (Fsp3) is 0.318. The van der Waals surface area contributed by atoms with Crippen LogP contribution >= 0.6 is 70.2 Å². The third-order valence-corrected chi connectivity index (χ3v) is 8.07. The first-order valence-electron chi connectivity index (χ1n) is 10.4. The van der Waals surface area contributed by atoms with E-state index < -0.39 is 6.04 Å². The van der Waals surface area contributed by atoms with E-state index in [0.717, 1.165) is 0 Å². The van der Waals surface area contributed by atoms with Crippen LogP contribution in [0.5, 0.6) is 5.75 Å². The van der Waals surface area contributed by atoms with Gasteiger partial charge in [0.15, 0.2) is 5.11 Å². The van der Waals surface area contributed by atoms with E-state index in [1.54, 1.807) is 36.3 Å². The Labute approximate surface area is 233 Å². The van der Waals surface area contributed by atoms with Gasteiger partial charge < -0.3 is 20.3 Å². The zero-order chi connectivity index (χ0) is 25.9. The van der Waals surface area contributed by atoms with E-state index in [2.05, 4.69) is 10.6 Å². The molecule has 1 atom stereocenters. The highest BCUT2D eigenvalue weighted by molar-refractivity contribution is 7.80. The molecule has 35 heavy (non-hydrogen) atoms. The molecule has 0 bridgehead atoms. The SMILES string of the molecule is CCN1C(=O)[C@@H](CC(=O)Nc2ccc(OC)cc2)N(CCNc2c(Cl)c(Cl)c(Cl)c(Cl)c2Cl)C1=S. The molecule has 1 saturated heterocycles. The molecule has 7 nitrogen and oxygen atoms in total. The highest BCUT2D eigenvalue weighted by Gasteiger charge is 2.42. The average molecular weight is 599 g/mol. The van der Waals surface area contributed by atoms with Gasteiger partial charge in [0, 0.05) is 25.3 Å². The summed E-state index contributed by atoms with van der Waals surface area (Å²) >= 11 is 36.4. The summed E-state index contributed by atoms with van der Waals surface area (Å²) < 4.78 is 5.12. The first-order chi connectivity index (χ1) is 16.6. The Morgan fingerprint density at radius 2 is 1.60 bits per heavy atom. The van der Waals surface area contributed by atoms with Crippen LogP contribution in [0.4, 0.5) is 11.4 Å². The van der Waals surface area contributed by atoms with Crippen molar-refractivity contribution in [3.8, 4) is 5.75 Å². The van der Waals surface area contributed by atoms with Gasteiger partial charge in [-0.25, -0.2) is 0 Å². The third kappa shape index (κ3) is 6.01. The van der Waals surface area contributed by atoms with Gasteiger partial charge in [-0.1, -0.05) is 58.0 Å². The Kier molecular flexibility index (Phi) is 9.60. The number of carbonyl (C=O) groups excluding carboxylic acids is 2. The minimum atomic E-state index is -0.758.